The van der Waals surface area contributed by atoms with Gasteiger partial charge in [0.15, 0.2) is 0 Å². The Balaban J connectivity index is 1.87. The summed E-state index contributed by atoms with van der Waals surface area (Å²) < 4.78 is 4.58. The van der Waals surface area contributed by atoms with Gasteiger partial charge in [-0.1, -0.05) is 0 Å². The molecule has 4 N–H and O–H groups in total. The molecule has 2 heterocycles. The van der Waals surface area contributed by atoms with Gasteiger partial charge in [-0.2, -0.15) is 0 Å². The molecule has 0 saturated carbocycles. The van der Waals surface area contributed by atoms with Crippen LogP contribution in [0.3, 0.4) is 0 Å². The zero-order chi connectivity index (χ0) is 33.8. The number of carbonyl (C=O) groups excluding carboxylic acids is 10. The first-order valence-electron chi connectivity index (χ1n) is 14.0. The van der Waals surface area contributed by atoms with E-state index in [1.54, 1.807) is 0 Å². The average Bonchev–Trinajstić information content (AvgIpc) is 3.48. The number of hydrogen-bond acceptors (Lipinski definition) is 12. The van der Waals surface area contributed by atoms with Crippen LogP contribution in [0, 0.1) is 0 Å². The van der Waals surface area contributed by atoms with Crippen molar-refractivity contribution in [1.29, 1.82) is 0 Å². The van der Waals surface area contributed by atoms with Gasteiger partial charge in [0, 0.05) is 44.4 Å². The number of carbonyl (C=O) groups is 10. The number of nitrogens with zero attached hydrogens (tertiary/aromatic N) is 2. The third kappa shape index (κ3) is 10.8. The molecule has 8 amide bonds. The SMILES string of the molecule is COC(=O)CC[C@H](NC(=O)CCCN1C(=O)C=CC1=O)C(=O)N[C@@H](C)C(=O)N[C@@H](C)C(=O)N[C@@H](C)C(=O)ON1C(=O)CCC1=O. The Bertz CT molecular complexity index is 1250. The number of imide groups is 2. The third-order valence-corrected chi connectivity index (χ3v) is 6.61. The summed E-state index contributed by atoms with van der Waals surface area (Å²) in [4.78, 5) is 127. The van der Waals surface area contributed by atoms with Crippen molar-refractivity contribution in [3.05, 3.63) is 12.2 Å². The van der Waals surface area contributed by atoms with E-state index in [2.05, 4.69) is 26.0 Å². The van der Waals surface area contributed by atoms with Crippen molar-refractivity contribution in [3.63, 3.8) is 0 Å². The van der Waals surface area contributed by atoms with Crippen LogP contribution in [0.15, 0.2) is 12.2 Å². The fourth-order valence-corrected chi connectivity index (χ4v) is 3.96. The Hall–Kier alpha value is -5.16. The minimum Gasteiger partial charge on any atom is -0.469 e. The van der Waals surface area contributed by atoms with Crippen LogP contribution in [0.1, 0.15) is 59.3 Å². The second-order valence-corrected chi connectivity index (χ2v) is 10.2. The first kappa shape index (κ1) is 36.0. The molecule has 2 rings (SSSR count). The summed E-state index contributed by atoms with van der Waals surface area (Å²) in [5.74, 6) is -7.17. The molecule has 18 nitrogen and oxygen atoms in total. The fourth-order valence-electron chi connectivity index (χ4n) is 3.96. The lowest BCUT2D eigenvalue weighted by Gasteiger charge is -2.23. The van der Waals surface area contributed by atoms with Crippen LogP contribution in [-0.4, -0.2) is 107 Å². The number of esters is 1. The van der Waals surface area contributed by atoms with Crippen molar-refractivity contribution in [2.24, 2.45) is 0 Å². The van der Waals surface area contributed by atoms with Crippen molar-refractivity contribution in [3.8, 4) is 0 Å². The van der Waals surface area contributed by atoms with Gasteiger partial charge >= 0.3 is 11.9 Å². The molecule has 1 saturated heterocycles. The Kier molecular flexibility index (Phi) is 13.3. The van der Waals surface area contributed by atoms with Crippen LogP contribution >= 0.6 is 0 Å². The van der Waals surface area contributed by atoms with E-state index in [0.717, 1.165) is 24.2 Å². The van der Waals surface area contributed by atoms with Gasteiger partial charge in [-0.05, 0) is 33.6 Å². The fraction of sp³-hybridized carbons (Fsp3) is 0.556. The summed E-state index contributed by atoms with van der Waals surface area (Å²) in [6.45, 7) is 3.83. The van der Waals surface area contributed by atoms with Gasteiger partial charge in [-0.3, -0.25) is 48.1 Å². The number of hydroxylamine groups is 2. The van der Waals surface area contributed by atoms with Crippen LogP contribution in [-0.2, 0) is 57.5 Å². The average molecular weight is 637 g/mol. The van der Waals surface area contributed by atoms with Crippen LogP contribution < -0.4 is 21.3 Å². The first-order valence-corrected chi connectivity index (χ1v) is 14.0. The molecular formula is C27H36N6O12. The van der Waals surface area contributed by atoms with Gasteiger partial charge in [0.25, 0.3) is 23.6 Å². The molecule has 0 spiro atoms. The van der Waals surface area contributed by atoms with E-state index in [1.807, 2.05) is 0 Å². The van der Waals surface area contributed by atoms with E-state index in [-0.39, 0.29) is 45.1 Å². The molecule has 0 aromatic rings. The molecule has 0 radical (unpaired) electrons. The van der Waals surface area contributed by atoms with Gasteiger partial charge in [-0.25, -0.2) is 4.79 Å². The van der Waals surface area contributed by atoms with Crippen molar-refractivity contribution >= 4 is 59.2 Å². The second-order valence-electron chi connectivity index (χ2n) is 10.2. The quantitative estimate of drug-likeness (QED) is 0.0995. The first-order chi connectivity index (χ1) is 21.1. The van der Waals surface area contributed by atoms with Crippen LogP contribution in [0.4, 0.5) is 0 Å². The van der Waals surface area contributed by atoms with Crippen LogP contribution in [0.2, 0.25) is 0 Å². The van der Waals surface area contributed by atoms with Crippen LogP contribution in [0.5, 0.6) is 0 Å². The maximum atomic E-state index is 12.9. The molecule has 0 aliphatic carbocycles. The lowest BCUT2D eigenvalue weighted by Crippen LogP contribution is -2.56. The molecule has 0 aromatic heterocycles. The Labute approximate surface area is 257 Å². The molecular weight excluding hydrogens is 600 g/mol. The lowest BCUT2D eigenvalue weighted by molar-refractivity contribution is -0.198. The van der Waals surface area contributed by atoms with Crippen molar-refractivity contribution in [2.45, 2.75) is 83.5 Å². The lowest BCUT2D eigenvalue weighted by atomic mass is 10.1. The maximum absolute atomic E-state index is 12.9. The van der Waals surface area contributed by atoms with E-state index in [1.165, 1.54) is 20.8 Å². The molecule has 0 unspecified atom stereocenters. The predicted octanol–water partition coefficient (Wildman–Crippen LogP) is -2.75. The molecule has 18 heteroatoms. The minimum absolute atomic E-state index is 0.0160. The Morgan fingerprint density at radius 3 is 1.80 bits per heavy atom. The molecule has 4 atom stereocenters. The largest absolute Gasteiger partial charge is 0.469 e. The van der Waals surface area contributed by atoms with E-state index >= 15 is 0 Å². The maximum Gasteiger partial charge on any atom is 0.354 e. The summed E-state index contributed by atoms with van der Waals surface area (Å²) >= 11 is 0. The normalized spacial score (nSPS) is 16.9. The highest BCUT2D eigenvalue weighted by atomic mass is 16.7. The number of hydrogen-bond donors (Lipinski definition) is 4. The third-order valence-electron chi connectivity index (χ3n) is 6.61. The van der Waals surface area contributed by atoms with Crippen molar-refractivity contribution in [1.82, 2.24) is 31.2 Å². The molecule has 2 aliphatic heterocycles. The highest BCUT2D eigenvalue weighted by Crippen LogP contribution is 2.13. The molecule has 0 bridgehead atoms. The molecule has 1 fully saturated rings. The summed E-state index contributed by atoms with van der Waals surface area (Å²) in [5, 5.41) is 9.82. The molecule has 246 valence electrons. The Morgan fingerprint density at radius 1 is 0.756 bits per heavy atom. The monoisotopic (exact) mass is 636 g/mol. The standard InChI is InChI=1S/C27H36N6O12/c1-14(25(41)30-16(3)27(43)45-33-21(37)10-11-22(33)38)28-24(40)15(2)29-26(42)17(7-12-23(39)44-4)31-18(34)6-5-13-32-19(35)8-9-20(32)36/h8-9,14-17H,5-7,10-13H2,1-4H3,(H,28,40)(H,29,42)(H,30,41)(H,31,34)/t14-,15-,16-,17-/m0/s1. The molecule has 45 heavy (non-hydrogen) atoms. The number of nitrogens with one attached hydrogen (secondary N) is 4. The number of rotatable bonds is 16. The molecule has 2 aliphatic rings. The minimum atomic E-state index is -1.29. The van der Waals surface area contributed by atoms with Gasteiger partial charge < -0.3 is 30.8 Å². The van der Waals surface area contributed by atoms with Gasteiger partial charge in [0.1, 0.15) is 24.2 Å². The van der Waals surface area contributed by atoms with E-state index in [4.69, 9.17) is 4.84 Å². The topological polar surface area (TPSA) is 244 Å². The molecule has 0 aromatic carbocycles. The Morgan fingerprint density at radius 2 is 1.27 bits per heavy atom. The number of methoxy groups -OCH3 is 1. The highest BCUT2D eigenvalue weighted by molar-refractivity contribution is 6.12. The van der Waals surface area contributed by atoms with Gasteiger partial charge in [0.05, 0.1) is 7.11 Å². The highest BCUT2D eigenvalue weighted by Gasteiger charge is 2.35. The van der Waals surface area contributed by atoms with Gasteiger partial charge in [0.2, 0.25) is 23.6 Å². The predicted molar refractivity (Wildman–Crippen MR) is 148 cm³/mol. The summed E-state index contributed by atoms with van der Waals surface area (Å²) in [5.41, 5.74) is 0. The zero-order valence-corrected chi connectivity index (χ0v) is 25.2. The van der Waals surface area contributed by atoms with Crippen LogP contribution in [0.25, 0.3) is 0 Å². The smallest absolute Gasteiger partial charge is 0.354 e. The second kappa shape index (κ2) is 16.6. The summed E-state index contributed by atoms with van der Waals surface area (Å²) in [7, 11) is 1.15. The number of amides is 8. The van der Waals surface area contributed by atoms with E-state index < -0.39 is 83.4 Å². The van der Waals surface area contributed by atoms with Crippen molar-refractivity contribution < 1.29 is 57.5 Å². The van der Waals surface area contributed by atoms with Crippen molar-refractivity contribution in [2.75, 3.05) is 13.7 Å². The zero-order valence-electron chi connectivity index (χ0n) is 25.2. The van der Waals surface area contributed by atoms with E-state index in [0.29, 0.717) is 5.06 Å². The van der Waals surface area contributed by atoms with Gasteiger partial charge in [-0.15, -0.1) is 5.06 Å². The van der Waals surface area contributed by atoms with E-state index in [9.17, 15) is 47.9 Å². The number of ether oxygens (including phenoxy) is 1. The summed E-state index contributed by atoms with van der Waals surface area (Å²) in [6.07, 6.45) is 1.56. The summed E-state index contributed by atoms with van der Waals surface area (Å²) in [6, 6.07) is -4.98.